The molecule has 1 saturated heterocycles. The summed E-state index contributed by atoms with van der Waals surface area (Å²) in [7, 11) is 0. The normalized spacial score (nSPS) is 18.9. The van der Waals surface area contributed by atoms with Crippen LogP contribution in [0, 0.1) is 6.92 Å². The van der Waals surface area contributed by atoms with E-state index in [-0.39, 0.29) is 17.9 Å². The molecule has 0 radical (unpaired) electrons. The van der Waals surface area contributed by atoms with Gasteiger partial charge in [-0.3, -0.25) is 9.59 Å². The fourth-order valence-electron chi connectivity index (χ4n) is 3.63. The molecule has 26 heavy (non-hydrogen) atoms. The van der Waals surface area contributed by atoms with Crippen molar-refractivity contribution in [2.45, 2.75) is 32.4 Å². The summed E-state index contributed by atoms with van der Waals surface area (Å²) >= 11 is 0. The van der Waals surface area contributed by atoms with Crippen molar-refractivity contribution >= 4 is 17.5 Å². The van der Waals surface area contributed by atoms with E-state index in [1.807, 2.05) is 43.3 Å². The first-order valence-corrected chi connectivity index (χ1v) is 9.02. The lowest BCUT2D eigenvalue weighted by molar-refractivity contribution is 0.0544. The molecular weight excluding hydrogens is 328 g/mol. The molecule has 0 unspecified atom stereocenters. The fraction of sp³-hybridized carbons (Fsp3) is 0.333. The Kier molecular flexibility index (Phi) is 4.47. The predicted octanol–water partition coefficient (Wildman–Crippen LogP) is 3.38. The summed E-state index contributed by atoms with van der Waals surface area (Å²) in [6.07, 6.45) is 2.14. The van der Waals surface area contributed by atoms with Gasteiger partial charge in [0.15, 0.2) is 0 Å². The Labute approximate surface area is 153 Å². The summed E-state index contributed by atoms with van der Waals surface area (Å²) in [5.74, 6) is -0.330. The summed E-state index contributed by atoms with van der Waals surface area (Å²) in [4.78, 5) is 27.4. The highest BCUT2D eigenvalue weighted by molar-refractivity contribution is 6.13. The van der Waals surface area contributed by atoms with E-state index in [9.17, 15) is 9.59 Å². The molecule has 4 rings (SSSR count). The van der Waals surface area contributed by atoms with Gasteiger partial charge in [0.05, 0.1) is 17.2 Å². The van der Waals surface area contributed by atoms with Crippen LogP contribution in [0.5, 0.6) is 0 Å². The molecule has 5 nitrogen and oxygen atoms in total. The molecule has 1 fully saturated rings. The van der Waals surface area contributed by atoms with Gasteiger partial charge in [0, 0.05) is 25.4 Å². The lowest BCUT2D eigenvalue weighted by Crippen LogP contribution is -2.32. The number of nitrogens with zero attached hydrogens (tertiary/aromatic N) is 1. The molecule has 1 N–H and O–H groups in total. The maximum absolute atomic E-state index is 12.9. The first-order chi connectivity index (χ1) is 12.6. The summed E-state index contributed by atoms with van der Waals surface area (Å²) in [6, 6.07) is 13.1. The number of hydrogen-bond donors (Lipinski definition) is 1. The van der Waals surface area contributed by atoms with Crippen molar-refractivity contribution < 1.29 is 14.3 Å². The molecule has 0 bridgehead atoms. The van der Waals surface area contributed by atoms with Gasteiger partial charge in [-0.05, 0) is 43.5 Å². The molecule has 2 aliphatic rings. The molecule has 2 aliphatic heterocycles. The molecular formula is C21H22N2O3. The van der Waals surface area contributed by atoms with Crippen LogP contribution in [-0.2, 0) is 11.3 Å². The van der Waals surface area contributed by atoms with Crippen molar-refractivity contribution in [3.05, 3.63) is 64.7 Å². The van der Waals surface area contributed by atoms with Crippen molar-refractivity contribution in [2.75, 3.05) is 18.5 Å². The number of fused-ring (bicyclic) bond motifs is 1. The number of anilines is 1. The molecule has 0 saturated carbocycles. The van der Waals surface area contributed by atoms with Crippen molar-refractivity contribution in [1.82, 2.24) is 4.90 Å². The number of aryl methyl sites for hydroxylation is 1. The molecule has 2 aromatic carbocycles. The smallest absolute Gasteiger partial charge is 0.256 e. The maximum atomic E-state index is 12.9. The summed E-state index contributed by atoms with van der Waals surface area (Å²) in [5, 5.41) is 2.89. The van der Waals surface area contributed by atoms with E-state index in [0.717, 1.165) is 36.3 Å². The van der Waals surface area contributed by atoms with Crippen molar-refractivity contribution in [3.63, 3.8) is 0 Å². The minimum Gasteiger partial charge on any atom is -0.376 e. The fourth-order valence-corrected chi connectivity index (χ4v) is 3.63. The zero-order valence-corrected chi connectivity index (χ0v) is 14.8. The van der Waals surface area contributed by atoms with Gasteiger partial charge in [-0.25, -0.2) is 0 Å². The lowest BCUT2D eigenvalue weighted by atomic mass is 10.0. The van der Waals surface area contributed by atoms with Gasteiger partial charge in [0.1, 0.15) is 0 Å². The Bertz CT molecular complexity index is 839. The SMILES string of the molecule is Cc1ccc(NC(=O)c2cccc3c2C(=O)N(C[C@H]2CCCO2)C3)cc1. The minimum atomic E-state index is -0.252. The van der Waals surface area contributed by atoms with Gasteiger partial charge >= 0.3 is 0 Å². The first-order valence-electron chi connectivity index (χ1n) is 9.02. The van der Waals surface area contributed by atoms with E-state index in [1.165, 1.54) is 0 Å². The average Bonchev–Trinajstić information content (AvgIpc) is 3.26. The molecule has 0 aromatic heterocycles. The van der Waals surface area contributed by atoms with Crippen LogP contribution in [0.4, 0.5) is 5.69 Å². The number of amides is 2. The van der Waals surface area contributed by atoms with Gasteiger partial charge in [-0.1, -0.05) is 29.8 Å². The zero-order valence-electron chi connectivity index (χ0n) is 14.8. The van der Waals surface area contributed by atoms with E-state index in [1.54, 1.807) is 11.0 Å². The molecule has 134 valence electrons. The van der Waals surface area contributed by atoms with Crippen LogP contribution in [0.25, 0.3) is 0 Å². The Hall–Kier alpha value is -2.66. The Morgan fingerprint density at radius 1 is 1.23 bits per heavy atom. The van der Waals surface area contributed by atoms with Gasteiger partial charge in [0.25, 0.3) is 11.8 Å². The molecule has 1 atom stereocenters. The number of ether oxygens (including phenoxy) is 1. The second-order valence-electron chi connectivity index (χ2n) is 6.98. The first kappa shape index (κ1) is 16.8. The van der Waals surface area contributed by atoms with Crippen LogP contribution >= 0.6 is 0 Å². The van der Waals surface area contributed by atoms with Crippen LogP contribution in [-0.4, -0.2) is 36.0 Å². The highest BCUT2D eigenvalue weighted by Gasteiger charge is 2.33. The van der Waals surface area contributed by atoms with Crippen LogP contribution in [0.1, 0.15) is 44.7 Å². The van der Waals surface area contributed by atoms with E-state index >= 15 is 0 Å². The number of rotatable bonds is 4. The van der Waals surface area contributed by atoms with Crippen molar-refractivity contribution in [1.29, 1.82) is 0 Å². The number of nitrogens with one attached hydrogen (secondary N) is 1. The van der Waals surface area contributed by atoms with Crippen molar-refractivity contribution in [3.8, 4) is 0 Å². The van der Waals surface area contributed by atoms with Gasteiger partial charge in [-0.15, -0.1) is 0 Å². The average molecular weight is 350 g/mol. The summed E-state index contributed by atoms with van der Waals surface area (Å²) in [5.41, 5.74) is 3.71. The summed E-state index contributed by atoms with van der Waals surface area (Å²) in [6.45, 7) is 3.90. The second kappa shape index (κ2) is 6.92. The monoisotopic (exact) mass is 350 g/mol. The number of carbonyl (C=O) groups is 2. The third-order valence-electron chi connectivity index (χ3n) is 5.02. The second-order valence-corrected chi connectivity index (χ2v) is 6.98. The quantitative estimate of drug-likeness (QED) is 0.920. The zero-order chi connectivity index (χ0) is 18.1. The Balaban J connectivity index is 1.54. The molecule has 2 heterocycles. The van der Waals surface area contributed by atoms with Crippen LogP contribution < -0.4 is 5.32 Å². The highest BCUT2D eigenvalue weighted by Crippen LogP contribution is 2.28. The third kappa shape index (κ3) is 3.22. The molecule has 0 spiro atoms. The van der Waals surface area contributed by atoms with Crippen LogP contribution in [0.2, 0.25) is 0 Å². The molecule has 2 aromatic rings. The van der Waals surface area contributed by atoms with E-state index in [4.69, 9.17) is 4.74 Å². The van der Waals surface area contributed by atoms with E-state index in [2.05, 4.69) is 5.32 Å². The maximum Gasteiger partial charge on any atom is 0.256 e. The predicted molar refractivity (Wildman–Crippen MR) is 99.3 cm³/mol. The molecule has 0 aliphatic carbocycles. The minimum absolute atomic E-state index is 0.0786. The standard InChI is InChI=1S/C21H22N2O3/c1-14-7-9-16(10-8-14)22-20(24)18-6-2-4-15-12-23(21(25)19(15)18)13-17-5-3-11-26-17/h2,4,6-10,17H,3,5,11-13H2,1H3,(H,22,24)/t17-/m1/s1. The molecule has 5 heteroatoms. The van der Waals surface area contributed by atoms with Crippen LogP contribution in [0.3, 0.4) is 0 Å². The topological polar surface area (TPSA) is 58.6 Å². The van der Waals surface area contributed by atoms with Crippen LogP contribution in [0.15, 0.2) is 42.5 Å². The van der Waals surface area contributed by atoms with Gasteiger partial charge in [0.2, 0.25) is 0 Å². The Morgan fingerprint density at radius 3 is 2.77 bits per heavy atom. The number of hydrogen-bond acceptors (Lipinski definition) is 3. The lowest BCUT2D eigenvalue weighted by Gasteiger charge is -2.19. The highest BCUT2D eigenvalue weighted by atomic mass is 16.5. The van der Waals surface area contributed by atoms with E-state index < -0.39 is 0 Å². The third-order valence-corrected chi connectivity index (χ3v) is 5.02. The number of carbonyl (C=O) groups excluding carboxylic acids is 2. The number of benzene rings is 2. The largest absolute Gasteiger partial charge is 0.376 e. The summed E-state index contributed by atoms with van der Waals surface area (Å²) < 4.78 is 5.66. The van der Waals surface area contributed by atoms with Gasteiger partial charge in [-0.2, -0.15) is 0 Å². The molecule has 2 amide bonds. The Morgan fingerprint density at radius 2 is 2.04 bits per heavy atom. The van der Waals surface area contributed by atoms with E-state index in [0.29, 0.717) is 24.2 Å². The van der Waals surface area contributed by atoms with Crippen molar-refractivity contribution in [2.24, 2.45) is 0 Å². The van der Waals surface area contributed by atoms with Gasteiger partial charge < -0.3 is 15.0 Å².